The van der Waals surface area contributed by atoms with E-state index in [1.807, 2.05) is 0 Å². The number of nitrogens with one attached hydrogen (secondary N) is 1. The molecule has 0 aliphatic rings. The molecule has 0 radical (unpaired) electrons. The van der Waals surface area contributed by atoms with Crippen molar-refractivity contribution < 1.29 is 4.74 Å². The van der Waals surface area contributed by atoms with Gasteiger partial charge in [0.1, 0.15) is 6.10 Å². The molecule has 0 spiro atoms. The first-order valence-electron chi connectivity index (χ1n) is 3.82. The highest BCUT2D eigenvalue weighted by molar-refractivity contribution is 4.91. The van der Waals surface area contributed by atoms with E-state index in [2.05, 4.69) is 41.4 Å². The van der Waals surface area contributed by atoms with Crippen LogP contribution in [0.2, 0.25) is 0 Å². The van der Waals surface area contributed by atoms with E-state index < -0.39 is 0 Å². The van der Waals surface area contributed by atoms with Crippen molar-refractivity contribution in [3.05, 3.63) is 5.82 Å². The Kier molecular flexibility index (Phi) is 2.42. The smallest absolute Gasteiger partial charge is 0.203 e. The number of hydrogen-bond donors (Lipinski definition) is 1. The van der Waals surface area contributed by atoms with Crippen LogP contribution >= 0.6 is 0 Å². The average Bonchev–Trinajstić information content (AvgIpc) is 2.38. The van der Waals surface area contributed by atoms with Crippen LogP contribution in [0.5, 0.6) is 0 Å². The molecule has 0 bridgehead atoms. The van der Waals surface area contributed by atoms with Crippen LogP contribution in [0.15, 0.2) is 0 Å². The number of aromatic amines is 1. The summed E-state index contributed by atoms with van der Waals surface area (Å²) < 4.78 is 5.27. The third-order valence-corrected chi connectivity index (χ3v) is 1.62. The Morgan fingerprint density at radius 2 is 2.08 bits per heavy atom. The van der Waals surface area contributed by atoms with E-state index in [0.717, 1.165) is 0 Å². The van der Waals surface area contributed by atoms with Gasteiger partial charge in [-0.15, -0.1) is 10.2 Å². The zero-order valence-corrected chi connectivity index (χ0v) is 7.83. The summed E-state index contributed by atoms with van der Waals surface area (Å²) in [5.74, 6) is 0.602. The van der Waals surface area contributed by atoms with Gasteiger partial charge in [-0.05, 0) is 5.41 Å². The molecule has 1 N–H and O–H groups in total. The minimum Gasteiger partial charge on any atom is -0.373 e. The first-order chi connectivity index (χ1) is 5.55. The van der Waals surface area contributed by atoms with E-state index in [1.54, 1.807) is 7.11 Å². The Balaban J connectivity index is 2.84. The first-order valence-corrected chi connectivity index (χ1v) is 3.82. The molecule has 1 rings (SSSR count). The van der Waals surface area contributed by atoms with E-state index >= 15 is 0 Å². The second-order valence-electron chi connectivity index (χ2n) is 3.75. The molecule has 1 atom stereocenters. The molecule has 12 heavy (non-hydrogen) atoms. The molecule has 68 valence electrons. The normalized spacial score (nSPS) is 14.7. The van der Waals surface area contributed by atoms with Crippen LogP contribution < -0.4 is 0 Å². The summed E-state index contributed by atoms with van der Waals surface area (Å²) in [6.45, 7) is 6.20. The van der Waals surface area contributed by atoms with Crippen LogP contribution in [0.4, 0.5) is 0 Å². The van der Waals surface area contributed by atoms with Crippen LogP contribution in [0.3, 0.4) is 0 Å². The Bertz CT molecular complexity index is 226. The summed E-state index contributed by atoms with van der Waals surface area (Å²) >= 11 is 0. The molecule has 1 unspecified atom stereocenters. The minimum absolute atomic E-state index is 0.0153. The zero-order chi connectivity index (χ0) is 9.19. The highest BCUT2D eigenvalue weighted by Crippen LogP contribution is 2.32. The molecular formula is C7H14N4O. The van der Waals surface area contributed by atoms with Crippen molar-refractivity contribution in [2.24, 2.45) is 5.41 Å². The van der Waals surface area contributed by atoms with Gasteiger partial charge in [0, 0.05) is 7.11 Å². The van der Waals surface area contributed by atoms with E-state index in [9.17, 15) is 0 Å². The Morgan fingerprint density at radius 3 is 2.42 bits per heavy atom. The van der Waals surface area contributed by atoms with Gasteiger partial charge in [-0.3, -0.25) is 0 Å². The molecule has 5 heteroatoms. The van der Waals surface area contributed by atoms with E-state index in [1.165, 1.54) is 0 Å². The molecule has 0 amide bonds. The Hall–Kier alpha value is -0.970. The van der Waals surface area contributed by atoms with Crippen molar-refractivity contribution in [1.82, 2.24) is 20.6 Å². The predicted molar refractivity (Wildman–Crippen MR) is 43.4 cm³/mol. The van der Waals surface area contributed by atoms with E-state index in [4.69, 9.17) is 4.74 Å². The van der Waals surface area contributed by atoms with E-state index in [0.29, 0.717) is 5.82 Å². The molecule has 1 aromatic rings. The van der Waals surface area contributed by atoms with Crippen LogP contribution in [-0.4, -0.2) is 27.7 Å². The number of H-pyrrole nitrogens is 1. The maximum absolute atomic E-state index is 5.27. The first kappa shape index (κ1) is 9.12. The molecule has 0 aliphatic heterocycles. The summed E-state index contributed by atoms with van der Waals surface area (Å²) in [7, 11) is 1.65. The number of hydrogen-bond acceptors (Lipinski definition) is 4. The van der Waals surface area contributed by atoms with Crippen LogP contribution in [0.1, 0.15) is 32.7 Å². The van der Waals surface area contributed by atoms with Crippen molar-refractivity contribution in [2.75, 3.05) is 7.11 Å². The lowest BCUT2D eigenvalue weighted by molar-refractivity contribution is 0.00869. The maximum atomic E-state index is 5.27. The number of nitrogens with zero attached hydrogens (tertiary/aromatic N) is 3. The third kappa shape index (κ3) is 1.79. The lowest BCUT2D eigenvalue weighted by Gasteiger charge is -2.26. The van der Waals surface area contributed by atoms with Gasteiger partial charge in [0.05, 0.1) is 0 Å². The molecule has 1 heterocycles. The largest absolute Gasteiger partial charge is 0.373 e. The number of tetrazole rings is 1. The molecular weight excluding hydrogens is 156 g/mol. The monoisotopic (exact) mass is 170 g/mol. The van der Waals surface area contributed by atoms with Crippen molar-refractivity contribution in [3.63, 3.8) is 0 Å². The number of aromatic nitrogens is 4. The number of ether oxygens (including phenoxy) is 1. The van der Waals surface area contributed by atoms with Gasteiger partial charge in [-0.25, -0.2) is 0 Å². The second kappa shape index (κ2) is 3.18. The summed E-state index contributed by atoms with van der Waals surface area (Å²) in [5.41, 5.74) is -0.0153. The molecule has 0 saturated heterocycles. The lowest BCUT2D eigenvalue weighted by atomic mass is 9.88. The van der Waals surface area contributed by atoms with Gasteiger partial charge in [0.2, 0.25) is 5.82 Å². The van der Waals surface area contributed by atoms with Gasteiger partial charge in [-0.2, -0.15) is 5.21 Å². The average molecular weight is 170 g/mol. The molecule has 0 aromatic carbocycles. The summed E-state index contributed by atoms with van der Waals surface area (Å²) in [4.78, 5) is 0. The Labute approximate surface area is 71.5 Å². The number of rotatable bonds is 2. The van der Waals surface area contributed by atoms with E-state index in [-0.39, 0.29) is 11.5 Å². The van der Waals surface area contributed by atoms with Gasteiger partial charge in [0.25, 0.3) is 0 Å². The highest BCUT2D eigenvalue weighted by atomic mass is 16.5. The SMILES string of the molecule is COC(c1nn[nH]n1)C(C)(C)C. The van der Waals surface area contributed by atoms with Gasteiger partial charge >= 0.3 is 0 Å². The summed E-state index contributed by atoms with van der Waals surface area (Å²) in [6.07, 6.45) is -0.115. The summed E-state index contributed by atoms with van der Waals surface area (Å²) in [6, 6.07) is 0. The van der Waals surface area contributed by atoms with Crippen molar-refractivity contribution >= 4 is 0 Å². The van der Waals surface area contributed by atoms with Gasteiger partial charge in [0.15, 0.2) is 0 Å². The zero-order valence-electron chi connectivity index (χ0n) is 7.83. The number of methoxy groups -OCH3 is 1. The maximum Gasteiger partial charge on any atom is 0.203 e. The highest BCUT2D eigenvalue weighted by Gasteiger charge is 2.29. The van der Waals surface area contributed by atoms with Crippen molar-refractivity contribution in [3.8, 4) is 0 Å². The van der Waals surface area contributed by atoms with Crippen LogP contribution in [0, 0.1) is 5.41 Å². The van der Waals surface area contributed by atoms with Gasteiger partial charge in [-0.1, -0.05) is 26.0 Å². The van der Waals surface area contributed by atoms with Crippen LogP contribution in [-0.2, 0) is 4.74 Å². The van der Waals surface area contributed by atoms with Gasteiger partial charge < -0.3 is 4.74 Å². The topological polar surface area (TPSA) is 63.7 Å². The Morgan fingerprint density at radius 1 is 1.42 bits per heavy atom. The quantitative estimate of drug-likeness (QED) is 0.717. The molecule has 0 fully saturated rings. The van der Waals surface area contributed by atoms with Crippen molar-refractivity contribution in [1.29, 1.82) is 0 Å². The lowest BCUT2D eigenvalue weighted by Crippen LogP contribution is -2.21. The molecule has 0 aliphatic carbocycles. The standard InChI is InChI=1S/C7H14N4O/c1-7(2,3)5(12-4)6-8-10-11-9-6/h5H,1-4H3,(H,8,9,10,11). The second-order valence-corrected chi connectivity index (χ2v) is 3.75. The predicted octanol–water partition coefficient (Wildman–Crippen LogP) is 0.933. The van der Waals surface area contributed by atoms with Crippen molar-refractivity contribution in [2.45, 2.75) is 26.9 Å². The summed E-state index contributed by atoms with van der Waals surface area (Å²) in [5, 5.41) is 13.7. The molecule has 0 saturated carbocycles. The fourth-order valence-corrected chi connectivity index (χ4v) is 1.13. The fourth-order valence-electron chi connectivity index (χ4n) is 1.13. The molecule has 1 aromatic heterocycles. The molecule has 5 nitrogen and oxygen atoms in total. The minimum atomic E-state index is -0.115. The fraction of sp³-hybridized carbons (Fsp3) is 0.857. The third-order valence-electron chi connectivity index (χ3n) is 1.62. The van der Waals surface area contributed by atoms with Crippen LogP contribution in [0.25, 0.3) is 0 Å².